The molecule has 1 atom stereocenters. The maximum Gasteiger partial charge on any atom is 0.419 e. The van der Waals surface area contributed by atoms with Gasteiger partial charge in [-0.05, 0) is 43.3 Å². The van der Waals surface area contributed by atoms with Gasteiger partial charge < -0.3 is 14.6 Å². The van der Waals surface area contributed by atoms with Crippen LogP contribution < -0.4 is 10.1 Å². The first kappa shape index (κ1) is 20.3. The van der Waals surface area contributed by atoms with Gasteiger partial charge in [0.25, 0.3) is 5.91 Å². The summed E-state index contributed by atoms with van der Waals surface area (Å²) in [5.74, 6) is -1.25. The molecular weight excluding hydrogens is 394 g/mol. The monoisotopic (exact) mass is 409 g/mol. The zero-order chi connectivity index (χ0) is 21.0. The molecule has 0 aliphatic rings. The summed E-state index contributed by atoms with van der Waals surface area (Å²) in [5.41, 5.74) is -0.450. The third kappa shape index (κ3) is 5.09. The van der Waals surface area contributed by atoms with Crippen LogP contribution in [0.2, 0.25) is 0 Å². The molecular formula is C19H15F4N3O3. The van der Waals surface area contributed by atoms with E-state index in [1.54, 1.807) is 6.92 Å². The van der Waals surface area contributed by atoms with Gasteiger partial charge in [0.2, 0.25) is 11.7 Å². The maximum atomic E-state index is 13.0. The zero-order valence-electron chi connectivity index (χ0n) is 15.0. The van der Waals surface area contributed by atoms with Gasteiger partial charge in [0.05, 0.1) is 5.56 Å². The number of para-hydroxylation sites is 1. The highest BCUT2D eigenvalue weighted by atomic mass is 19.4. The van der Waals surface area contributed by atoms with E-state index in [1.807, 2.05) is 0 Å². The van der Waals surface area contributed by atoms with Crippen LogP contribution in [0.1, 0.15) is 24.4 Å². The summed E-state index contributed by atoms with van der Waals surface area (Å²) in [6, 6.07) is 9.31. The fourth-order valence-corrected chi connectivity index (χ4v) is 2.44. The Morgan fingerprint density at radius 3 is 2.55 bits per heavy atom. The van der Waals surface area contributed by atoms with Crippen molar-refractivity contribution in [1.29, 1.82) is 0 Å². The minimum atomic E-state index is -4.60. The van der Waals surface area contributed by atoms with E-state index < -0.39 is 41.9 Å². The van der Waals surface area contributed by atoms with Gasteiger partial charge in [0.1, 0.15) is 17.6 Å². The number of aromatic nitrogens is 2. The van der Waals surface area contributed by atoms with Crippen LogP contribution in [0.5, 0.6) is 5.75 Å². The maximum absolute atomic E-state index is 13.0. The molecule has 1 amide bonds. The Morgan fingerprint density at radius 2 is 1.86 bits per heavy atom. The van der Waals surface area contributed by atoms with Crippen LogP contribution in [-0.4, -0.2) is 22.7 Å². The number of halogens is 4. The van der Waals surface area contributed by atoms with E-state index in [4.69, 9.17) is 9.26 Å². The summed E-state index contributed by atoms with van der Waals surface area (Å²) in [6.07, 6.45) is -4.60. The van der Waals surface area contributed by atoms with Gasteiger partial charge in [-0.25, -0.2) is 4.39 Å². The number of amides is 1. The number of nitrogens with zero attached hydrogens (tertiary/aromatic N) is 2. The Hall–Kier alpha value is -3.43. The molecule has 2 aromatic carbocycles. The Balaban J connectivity index is 1.60. The molecule has 10 heteroatoms. The van der Waals surface area contributed by atoms with Crippen molar-refractivity contribution in [2.24, 2.45) is 0 Å². The van der Waals surface area contributed by atoms with Crippen LogP contribution in [0.25, 0.3) is 11.4 Å². The fraction of sp³-hybridized carbons (Fsp3) is 0.211. The molecule has 0 spiro atoms. The van der Waals surface area contributed by atoms with Crippen LogP contribution >= 0.6 is 0 Å². The lowest BCUT2D eigenvalue weighted by molar-refractivity contribution is -0.139. The van der Waals surface area contributed by atoms with Crippen molar-refractivity contribution >= 4 is 5.91 Å². The number of ether oxygens (including phenoxy) is 1. The molecule has 0 fully saturated rings. The number of carbonyl (C=O) groups is 1. The number of rotatable bonds is 6. The molecule has 0 bridgehead atoms. The second-order valence-electron chi connectivity index (χ2n) is 6.03. The SMILES string of the molecule is CC(NC(=O)COc1ccccc1C(F)(F)F)c1nc(-c2ccc(F)cc2)no1. The lowest BCUT2D eigenvalue weighted by atomic mass is 10.2. The van der Waals surface area contributed by atoms with Crippen LogP contribution in [0.15, 0.2) is 53.1 Å². The second kappa shape index (κ2) is 8.29. The standard InChI is InChI=1S/C19H15F4N3O3/c1-11(18-25-17(26-29-18)12-6-8-13(20)9-7-12)24-16(27)10-28-15-5-3-2-4-14(15)19(21,22)23/h2-9,11H,10H2,1H3,(H,24,27). The zero-order valence-corrected chi connectivity index (χ0v) is 15.0. The molecule has 0 radical (unpaired) electrons. The van der Waals surface area contributed by atoms with Crippen LogP contribution in [0.4, 0.5) is 17.6 Å². The van der Waals surface area contributed by atoms with Gasteiger partial charge in [-0.2, -0.15) is 18.2 Å². The van der Waals surface area contributed by atoms with E-state index in [2.05, 4.69) is 15.5 Å². The molecule has 0 aliphatic heterocycles. The average Bonchev–Trinajstić information content (AvgIpc) is 3.17. The smallest absolute Gasteiger partial charge is 0.419 e. The molecule has 29 heavy (non-hydrogen) atoms. The van der Waals surface area contributed by atoms with Crippen molar-refractivity contribution in [2.75, 3.05) is 6.61 Å². The minimum absolute atomic E-state index is 0.0772. The van der Waals surface area contributed by atoms with Gasteiger partial charge >= 0.3 is 6.18 Å². The average molecular weight is 409 g/mol. The summed E-state index contributed by atoms with van der Waals surface area (Å²) in [5, 5.41) is 6.26. The number of alkyl halides is 3. The highest BCUT2D eigenvalue weighted by Crippen LogP contribution is 2.35. The van der Waals surface area contributed by atoms with Crippen molar-refractivity contribution in [2.45, 2.75) is 19.1 Å². The number of carbonyl (C=O) groups excluding carboxylic acids is 1. The Morgan fingerprint density at radius 1 is 1.17 bits per heavy atom. The number of nitrogens with one attached hydrogen (secondary N) is 1. The third-order valence-electron chi connectivity index (χ3n) is 3.84. The summed E-state index contributed by atoms with van der Waals surface area (Å²) in [6.45, 7) is 0.930. The first-order valence-corrected chi connectivity index (χ1v) is 8.42. The fourth-order valence-electron chi connectivity index (χ4n) is 2.44. The minimum Gasteiger partial charge on any atom is -0.483 e. The number of hydrogen-bond acceptors (Lipinski definition) is 5. The lowest BCUT2D eigenvalue weighted by Crippen LogP contribution is -2.31. The molecule has 3 rings (SSSR count). The molecule has 0 saturated carbocycles. The van der Waals surface area contributed by atoms with Crippen molar-refractivity contribution < 1.29 is 31.6 Å². The first-order valence-electron chi connectivity index (χ1n) is 8.42. The van der Waals surface area contributed by atoms with Crippen molar-refractivity contribution in [3.63, 3.8) is 0 Å². The molecule has 0 saturated heterocycles. The van der Waals surface area contributed by atoms with Gasteiger partial charge in [0, 0.05) is 5.56 Å². The predicted octanol–water partition coefficient (Wildman–Crippen LogP) is 4.15. The molecule has 0 aliphatic carbocycles. The number of benzene rings is 2. The predicted molar refractivity (Wildman–Crippen MR) is 93.2 cm³/mol. The first-order chi connectivity index (χ1) is 13.7. The van der Waals surface area contributed by atoms with E-state index >= 15 is 0 Å². The van der Waals surface area contributed by atoms with Crippen LogP contribution in [0, 0.1) is 5.82 Å². The Kier molecular flexibility index (Phi) is 5.81. The molecule has 1 aromatic heterocycles. The molecule has 6 nitrogen and oxygen atoms in total. The largest absolute Gasteiger partial charge is 0.483 e. The van der Waals surface area contributed by atoms with E-state index in [9.17, 15) is 22.4 Å². The Bertz CT molecular complexity index is 987. The van der Waals surface area contributed by atoms with Crippen molar-refractivity contribution in [1.82, 2.24) is 15.5 Å². The van der Waals surface area contributed by atoms with Gasteiger partial charge in [-0.3, -0.25) is 4.79 Å². The van der Waals surface area contributed by atoms with Crippen molar-refractivity contribution in [3.05, 3.63) is 65.8 Å². The van der Waals surface area contributed by atoms with E-state index in [0.717, 1.165) is 12.1 Å². The second-order valence-corrected chi connectivity index (χ2v) is 6.03. The van der Waals surface area contributed by atoms with Crippen LogP contribution in [-0.2, 0) is 11.0 Å². The molecule has 1 heterocycles. The highest BCUT2D eigenvalue weighted by molar-refractivity contribution is 5.77. The van der Waals surface area contributed by atoms with Gasteiger partial charge in [-0.15, -0.1) is 0 Å². The lowest BCUT2D eigenvalue weighted by Gasteiger charge is -2.14. The Labute approximate surface area is 162 Å². The molecule has 152 valence electrons. The summed E-state index contributed by atoms with van der Waals surface area (Å²) < 4.78 is 61.9. The molecule has 3 aromatic rings. The summed E-state index contributed by atoms with van der Waals surface area (Å²) in [4.78, 5) is 16.1. The summed E-state index contributed by atoms with van der Waals surface area (Å²) >= 11 is 0. The third-order valence-corrected chi connectivity index (χ3v) is 3.84. The normalized spacial score (nSPS) is 12.4. The topological polar surface area (TPSA) is 77.2 Å². The quantitative estimate of drug-likeness (QED) is 0.619. The number of hydrogen-bond donors (Lipinski definition) is 1. The van der Waals surface area contributed by atoms with Gasteiger partial charge in [0.15, 0.2) is 6.61 Å². The van der Waals surface area contributed by atoms with E-state index in [1.165, 1.54) is 36.4 Å². The summed E-state index contributed by atoms with van der Waals surface area (Å²) in [7, 11) is 0. The van der Waals surface area contributed by atoms with Crippen molar-refractivity contribution in [3.8, 4) is 17.1 Å². The highest BCUT2D eigenvalue weighted by Gasteiger charge is 2.34. The van der Waals surface area contributed by atoms with E-state index in [-0.39, 0.29) is 11.7 Å². The molecule has 1 N–H and O–H groups in total. The van der Waals surface area contributed by atoms with Crippen LogP contribution in [0.3, 0.4) is 0 Å². The molecule has 1 unspecified atom stereocenters. The van der Waals surface area contributed by atoms with Gasteiger partial charge in [-0.1, -0.05) is 17.3 Å². The van der Waals surface area contributed by atoms with E-state index in [0.29, 0.717) is 5.56 Å².